The van der Waals surface area contributed by atoms with Gasteiger partial charge in [0.05, 0.1) is 21.1 Å². The molecule has 0 radical (unpaired) electrons. The zero-order valence-corrected chi connectivity index (χ0v) is 20.6. The van der Waals surface area contributed by atoms with Crippen LogP contribution in [0.25, 0.3) is 0 Å². The van der Waals surface area contributed by atoms with E-state index in [0.29, 0.717) is 4.48 Å². The number of hydrogen-bond acceptors (Lipinski definition) is 2. The summed E-state index contributed by atoms with van der Waals surface area (Å²) in [6, 6.07) is 0. The minimum atomic E-state index is -2.42. The molecule has 2 atom stereocenters. The van der Waals surface area contributed by atoms with Gasteiger partial charge in [-0.25, -0.2) is 0 Å². The number of rotatable bonds is 19. The summed E-state index contributed by atoms with van der Waals surface area (Å²) in [5.74, 6) is 0. The van der Waals surface area contributed by atoms with Crippen molar-refractivity contribution in [3.05, 3.63) is 12.2 Å². The SMILES string of the molecule is CCCCC=CCCCCCCCCCCCC(CCC)([P+](=O)[O-])[N+](C)(C)C. The van der Waals surface area contributed by atoms with Crippen LogP contribution in [0.4, 0.5) is 0 Å². The van der Waals surface area contributed by atoms with Crippen LogP contribution >= 0.6 is 8.03 Å². The maximum atomic E-state index is 12.1. The lowest BCUT2D eigenvalue weighted by Gasteiger charge is -2.39. The van der Waals surface area contributed by atoms with E-state index in [-0.39, 0.29) is 0 Å². The van der Waals surface area contributed by atoms with Gasteiger partial charge in [-0.15, -0.1) is 0 Å². The van der Waals surface area contributed by atoms with E-state index in [9.17, 15) is 9.46 Å². The molecule has 3 nitrogen and oxygen atoms in total. The van der Waals surface area contributed by atoms with Gasteiger partial charge in [0.2, 0.25) is 0 Å². The summed E-state index contributed by atoms with van der Waals surface area (Å²) in [6.07, 6.45) is 23.8. The third-order valence-corrected chi connectivity index (χ3v) is 7.80. The molecular weight excluding hydrogens is 365 g/mol. The Hall–Kier alpha value is -0.240. The first kappa shape index (κ1) is 27.8. The van der Waals surface area contributed by atoms with Crippen molar-refractivity contribution in [2.45, 2.75) is 122 Å². The van der Waals surface area contributed by atoms with Crippen molar-refractivity contribution in [2.75, 3.05) is 21.1 Å². The van der Waals surface area contributed by atoms with Gasteiger partial charge in [0.1, 0.15) is 0 Å². The summed E-state index contributed by atoms with van der Waals surface area (Å²) in [5.41, 5.74) is 0. The van der Waals surface area contributed by atoms with Crippen molar-refractivity contribution in [1.82, 2.24) is 0 Å². The predicted octanol–water partition coefficient (Wildman–Crippen LogP) is 7.33. The lowest BCUT2D eigenvalue weighted by atomic mass is 9.99. The standard InChI is InChI=1S/C24H49NO2P/c1-6-8-9-10-11-12-13-14-15-16-17-18-19-20-21-23-24(22-7-2,28(26)27)25(3,4)5/h10-11H,6-9,12-23H2,1-5H3/q+1. The molecule has 0 aliphatic carbocycles. The van der Waals surface area contributed by atoms with Crippen LogP contribution in [0.2, 0.25) is 0 Å². The molecule has 0 amide bonds. The predicted molar refractivity (Wildman–Crippen MR) is 123 cm³/mol. The molecule has 0 saturated carbocycles. The van der Waals surface area contributed by atoms with Gasteiger partial charge >= 0.3 is 8.03 Å². The van der Waals surface area contributed by atoms with Gasteiger partial charge in [-0.1, -0.05) is 88.4 Å². The zero-order chi connectivity index (χ0) is 21.3. The molecular formula is C24H49NO2P+. The van der Waals surface area contributed by atoms with Crippen molar-refractivity contribution < 1.29 is 13.9 Å². The van der Waals surface area contributed by atoms with Gasteiger partial charge in [0, 0.05) is 12.8 Å². The minimum absolute atomic E-state index is 0.521. The van der Waals surface area contributed by atoms with E-state index in [2.05, 4.69) is 26.0 Å². The molecule has 2 unspecified atom stereocenters. The Balaban J connectivity index is 3.77. The number of allylic oxidation sites excluding steroid dienone is 2. The summed E-state index contributed by atoms with van der Waals surface area (Å²) in [4.78, 5) is 12.1. The van der Waals surface area contributed by atoms with Gasteiger partial charge in [-0.3, -0.25) is 4.48 Å². The monoisotopic (exact) mass is 414 g/mol. The van der Waals surface area contributed by atoms with Gasteiger partial charge < -0.3 is 4.89 Å². The van der Waals surface area contributed by atoms with Crippen LogP contribution in [0.1, 0.15) is 117 Å². The molecule has 0 aromatic heterocycles. The molecule has 28 heavy (non-hydrogen) atoms. The van der Waals surface area contributed by atoms with Crippen LogP contribution in [-0.2, 0) is 4.57 Å². The molecule has 0 aromatic carbocycles. The highest BCUT2D eigenvalue weighted by Gasteiger charge is 2.53. The second-order valence-electron chi connectivity index (χ2n) is 9.34. The highest BCUT2D eigenvalue weighted by Crippen LogP contribution is 2.45. The highest BCUT2D eigenvalue weighted by molar-refractivity contribution is 7.38. The quantitative estimate of drug-likeness (QED) is 0.0960. The third-order valence-electron chi connectivity index (χ3n) is 6.08. The summed E-state index contributed by atoms with van der Waals surface area (Å²) < 4.78 is 12.6. The summed E-state index contributed by atoms with van der Waals surface area (Å²) in [6.45, 7) is 4.33. The molecule has 0 spiro atoms. The largest absolute Gasteiger partial charge is 0.590 e. The fraction of sp³-hybridized carbons (Fsp3) is 0.917. The molecule has 0 rings (SSSR count). The Morgan fingerprint density at radius 3 is 1.61 bits per heavy atom. The van der Waals surface area contributed by atoms with Crippen LogP contribution in [0.5, 0.6) is 0 Å². The zero-order valence-electron chi connectivity index (χ0n) is 19.7. The van der Waals surface area contributed by atoms with E-state index in [1.165, 1.54) is 70.6 Å². The van der Waals surface area contributed by atoms with E-state index >= 15 is 0 Å². The first-order chi connectivity index (χ1) is 13.3. The van der Waals surface area contributed by atoms with Crippen molar-refractivity contribution in [2.24, 2.45) is 0 Å². The molecule has 0 fully saturated rings. The van der Waals surface area contributed by atoms with E-state index in [1.807, 2.05) is 21.1 Å². The van der Waals surface area contributed by atoms with Crippen LogP contribution in [0.3, 0.4) is 0 Å². The first-order valence-electron chi connectivity index (χ1n) is 11.9. The van der Waals surface area contributed by atoms with E-state index < -0.39 is 13.3 Å². The molecule has 0 aromatic rings. The molecule has 0 saturated heterocycles. The van der Waals surface area contributed by atoms with Crippen molar-refractivity contribution in [1.29, 1.82) is 0 Å². The molecule has 0 N–H and O–H groups in total. The van der Waals surface area contributed by atoms with Crippen LogP contribution in [0, 0.1) is 0 Å². The van der Waals surface area contributed by atoms with E-state index in [1.54, 1.807) is 0 Å². The number of hydrogen-bond donors (Lipinski definition) is 0. The van der Waals surface area contributed by atoms with Crippen molar-refractivity contribution >= 4 is 8.03 Å². The Kier molecular flexibility index (Phi) is 16.4. The molecule has 166 valence electrons. The minimum Gasteiger partial charge on any atom is -0.590 e. The van der Waals surface area contributed by atoms with Crippen LogP contribution in [-0.4, -0.2) is 30.9 Å². The first-order valence-corrected chi connectivity index (χ1v) is 13.1. The number of nitrogens with zero attached hydrogens (tertiary/aromatic N) is 1. The molecule has 0 heterocycles. The van der Waals surface area contributed by atoms with Crippen LogP contribution < -0.4 is 4.89 Å². The third kappa shape index (κ3) is 11.7. The Morgan fingerprint density at radius 1 is 0.714 bits per heavy atom. The normalized spacial score (nSPS) is 15.1. The summed E-state index contributed by atoms with van der Waals surface area (Å²) in [5, 5.41) is -0.588. The maximum Gasteiger partial charge on any atom is 0.376 e. The second kappa shape index (κ2) is 16.5. The van der Waals surface area contributed by atoms with Gasteiger partial charge in [-0.05, 0) is 32.1 Å². The Morgan fingerprint density at radius 2 is 1.18 bits per heavy atom. The van der Waals surface area contributed by atoms with E-state index in [0.717, 1.165) is 32.1 Å². The summed E-state index contributed by atoms with van der Waals surface area (Å²) in [7, 11) is 3.67. The number of quaternary nitrogens is 1. The van der Waals surface area contributed by atoms with Gasteiger partial charge in [0.25, 0.3) is 5.28 Å². The molecule has 4 heteroatoms. The van der Waals surface area contributed by atoms with Crippen molar-refractivity contribution in [3.8, 4) is 0 Å². The maximum absolute atomic E-state index is 12.1. The molecule has 0 aliphatic rings. The smallest absolute Gasteiger partial charge is 0.376 e. The van der Waals surface area contributed by atoms with Crippen molar-refractivity contribution in [3.63, 3.8) is 0 Å². The fourth-order valence-corrected chi connectivity index (χ4v) is 5.33. The lowest BCUT2D eigenvalue weighted by molar-refractivity contribution is -0.910. The Labute approximate surface area is 177 Å². The highest BCUT2D eigenvalue weighted by atomic mass is 31.1. The van der Waals surface area contributed by atoms with Gasteiger partial charge in [0.15, 0.2) is 0 Å². The van der Waals surface area contributed by atoms with E-state index in [4.69, 9.17) is 0 Å². The van der Waals surface area contributed by atoms with Crippen LogP contribution in [0.15, 0.2) is 12.2 Å². The number of unbranched alkanes of at least 4 members (excludes halogenated alkanes) is 11. The average Bonchev–Trinajstić information content (AvgIpc) is 2.62. The molecule has 0 bridgehead atoms. The average molecular weight is 415 g/mol. The molecule has 0 aliphatic heterocycles. The van der Waals surface area contributed by atoms with Gasteiger partial charge in [-0.2, -0.15) is 0 Å². The lowest BCUT2D eigenvalue weighted by Crippen LogP contribution is -2.55. The topological polar surface area (TPSA) is 40.1 Å². The fourth-order valence-electron chi connectivity index (χ4n) is 4.09. The Bertz CT molecular complexity index is 417. The second-order valence-corrected chi connectivity index (χ2v) is 10.7. The summed E-state index contributed by atoms with van der Waals surface area (Å²) >= 11 is 0.